The van der Waals surface area contributed by atoms with Gasteiger partial charge in [-0.1, -0.05) is 11.8 Å². The number of carbonyl (C=O) groups is 1. The molecule has 0 saturated carbocycles. The molecule has 0 radical (unpaired) electrons. The molecule has 0 spiro atoms. The van der Waals surface area contributed by atoms with Crippen LogP contribution < -0.4 is 4.74 Å². The summed E-state index contributed by atoms with van der Waals surface area (Å²) < 4.78 is 5.17. The average molecular weight is 308 g/mol. The van der Waals surface area contributed by atoms with E-state index in [0.29, 0.717) is 22.3 Å². The highest BCUT2D eigenvalue weighted by Gasteiger charge is 2.16. The molecule has 0 amide bonds. The monoisotopic (exact) mass is 308 g/mol. The zero-order valence-corrected chi connectivity index (χ0v) is 12.1. The number of aromatic amines is 1. The number of Topliss-reactive ketones (excluding diaryl/α,β-unsaturated/α-hetero) is 1. The molecule has 1 aromatic carbocycles. The fourth-order valence-electron chi connectivity index (χ4n) is 1.59. The second kappa shape index (κ2) is 6.35. The zero-order chi connectivity index (χ0) is 15.4. The summed E-state index contributed by atoms with van der Waals surface area (Å²) in [6, 6.07) is 4.21. The molecule has 0 aliphatic rings. The van der Waals surface area contributed by atoms with Crippen LogP contribution in [0.1, 0.15) is 6.92 Å². The second-order valence-electron chi connectivity index (χ2n) is 4.10. The first-order valence-electron chi connectivity index (χ1n) is 5.88. The van der Waals surface area contributed by atoms with Gasteiger partial charge in [-0.3, -0.25) is 20.0 Å². The van der Waals surface area contributed by atoms with E-state index in [1.165, 1.54) is 44.0 Å². The van der Waals surface area contributed by atoms with E-state index in [9.17, 15) is 14.9 Å². The van der Waals surface area contributed by atoms with Crippen LogP contribution in [0.2, 0.25) is 0 Å². The number of thioether (sulfide) groups is 1. The van der Waals surface area contributed by atoms with Gasteiger partial charge in [-0.05, 0) is 13.0 Å². The van der Waals surface area contributed by atoms with Crippen LogP contribution in [-0.4, -0.2) is 38.8 Å². The smallest absolute Gasteiger partial charge is 0.270 e. The summed E-state index contributed by atoms with van der Waals surface area (Å²) in [4.78, 5) is 25.5. The third-order valence-corrected chi connectivity index (χ3v) is 3.51. The van der Waals surface area contributed by atoms with E-state index in [4.69, 9.17) is 4.74 Å². The molecule has 0 saturated heterocycles. The molecule has 1 heterocycles. The van der Waals surface area contributed by atoms with Crippen LogP contribution in [0.25, 0.3) is 11.4 Å². The number of ketones is 1. The summed E-state index contributed by atoms with van der Waals surface area (Å²) in [6.45, 7) is 1.48. The molecular weight excluding hydrogens is 296 g/mol. The summed E-state index contributed by atoms with van der Waals surface area (Å²) in [5, 5.41) is 17.9. The molecule has 2 rings (SSSR count). The maximum atomic E-state index is 10.9. The van der Waals surface area contributed by atoms with E-state index < -0.39 is 4.92 Å². The Morgan fingerprint density at radius 2 is 2.29 bits per heavy atom. The number of nitro groups is 1. The number of aromatic nitrogens is 3. The SMILES string of the molecule is COc1ccc([N+](=O)[O-])cc1-c1nc(SCC(C)=O)n[nH]1. The standard InChI is InChI=1S/C12H12N4O4S/c1-7(17)6-21-12-13-11(14-15-12)9-5-8(16(18)19)3-4-10(9)20-2/h3-5H,6H2,1-2H3,(H,13,14,15). The van der Waals surface area contributed by atoms with Gasteiger partial charge >= 0.3 is 0 Å². The number of non-ortho nitro benzene ring substituents is 1. The van der Waals surface area contributed by atoms with Gasteiger partial charge in [0.15, 0.2) is 5.82 Å². The molecule has 9 heteroatoms. The third-order valence-electron chi connectivity index (χ3n) is 2.52. The number of ether oxygens (including phenoxy) is 1. The molecule has 0 bridgehead atoms. The Bertz CT molecular complexity index is 686. The minimum atomic E-state index is -0.495. The molecule has 1 aromatic heterocycles. The van der Waals surface area contributed by atoms with Crippen LogP contribution in [0.4, 0.5) is 5.69 Å². The maximum Gasteiger partial charge on any atom is 0.270 e. The maximum absolute atomic E-state index is 10.9. The highest BCUT2D eigenvalue weighted by atomic mass is 32.2. The topological polar surface area (TPSA) is 111 Å². The Kier molecular flexibility index (Phi) is 4.53. The molecule has 21 heavy (non-hydrogen) atoms. The molecule has 8 nitrogen and oxygen atoms in total. The van der Waals surface area contributed by atoms with Crippen molar-refractivity contribution in [3.8, 4) is 17.1 Å². The quantitative estimate of drug-likeness (QED) is 0.494. The lowest BCUT2D eigenvalue weighted by molar-refractivity contribution is -0.384. The summed E-state index contributed by atoms with van der Waals surface area (Å²) in [5.41, 5.74) is 0.369. The number of carbonyl (C=O) groups excluding carboxylic acids is 1. The van der Waals surface area contributed by atoms with Crippen molar-refractivity contribution in [2.24, 2.45) is 0 Å². The fourth-order valence-corrected chi connectivity index (χ4v) is 2.19. The van der Waals surface area contributed by atoms with Crippen molar-refractivity contribution < 1.29 is 14.5 Å². The van der Waals surface area contributed by atoms with Crippen LogP contribution in [0.15, 0.2) is 23.4 Å². The Morgan fingerprint density at radius 3 is 2.90 bits per heavy atom. The molecule has 1 N–H and O–H groups in total. The Hall–Kier alpha value is -2.42. The number of hydrogen-bond acceptors (Lipinski definition) is 7. The first kappa shape index (κ1) is 15.0. The first-order valence-corrected chi connectivity index (χ1v) is 6.87. The van der Waals surface area contributed by atoms with Gasteiger partial charge in [-0.2, -0.15) is 0 Å². The number of H-pyrrole nitrogens is 1. The average Bonchev–Trinajstić information content (AvgIpc) is 2.93. The molecule has 0 fully saturated rings. The van der Waals surface area contributed by atoms with Gasteiger partial charge in [0, 0.05) is 12.1 Å². The number of nitrogens with zero attached hydrogens (tertiary/aromatic N) is 3. The predicted octanol–water partition coefficient (Wildman–Crippen LogP) is 2.07. The van der Waals surface area contributed by atoms with E-state index in [1.54, 1.807) is 0 Å². The van der Waals surface area contributed by atoms with Crippen molar-refractivity contribution in [1.29, 1.82) is 0 Å². The van der Waals surface area contributed by atoms with Gasteiger partial charge in [-0.25, -0.2) is 4.98 Å². The zero-order valence-electron chi connectivity index (χ0n) is 11.3. The van der Waals surface area contributed by atoms with Crippen molar-refractivity contribution in [3.05, 3.63) is 28.3 Å². The number of benzene rings is 1. The van der Waals surface area contributed by atoms with Crippen molar-refractivity contribution in [2.45, 2.75) is 12.1 Å². The lowest BCUT2D eigenvalue weighted by Gasteiger charge is -2.05. The summed E-state index contributed by atoms with van der Waals surface area (Å²) >= 11 is 1.19. The summed E-state index contributed by atoms with van der Waals surface area (Å²) in [5.74, 6) is 1.07. The number of nitrogens with one attached hydrogen (secondary N) is 1. The Morgan fingerprint density at radius 1 is 1.52 bits per heavy atom. The molecule has 2 aromatic rings. The number of hydrogen-bond donors (Lipinski definition) is 1. The van der Waals surface area contributed by atoms with E-state index >= 15 is 0 Å². The lowest BCUT2D eigenvalue weighted by Crippen LogP contribution is -1.94. The molecule has 110 valence electrons. The lowest BCUT2D eigenvalue weighted by atomic mass is 10.1. The Balaban J connectivity index is 2.34. The largest absolute Gasteiger partial charge is 0.496 e. The minimum absolute atomic E-state index is 0.0132. The van der Waals surface area contributed by atoms with E-state index in [-0.39, 0.29) is 17.2 Å². The van der Waals surface area contributed by atoms with Crippen molar-refractivity contribution in [3.63, 3.8) is 0 Å². The van der Waals surface area contributed by atoms with Gasteiger partial charge in [-0.15, -0.1) is 5.10 Å². The van der Waals surface area contributed by atoms with E-state index in [0.717, 1.165) is 0 Å². The Labute approximate surface area is 124 Å². The first-order chi connectivity index (χ1) is 10.0. The van der Waals surface area contributed by atoms with Crippen LogP contribution in [-0.2, 0) is 4.79 Å². The van der Waals surface area contributed by atoms with Crippen LogP contribution in [0.3, 0.4) is 0 Å². The predicted molar refractivity (Wildman–Crippen MR) is 76.4 cm³/mol. The summed E-state index contributed by atoms with van der Waals surface area (Å²) in [6.07, 6.45) is 0. The number of nitro benzene ring substituents is 1. The molecule has 0 aliphatic heterocycles. The van der Waals surface area contributed by atoms with Gasteiger partial charge in [0.1, 0.15) is 11.5 Å². The highest BCUT2D eigenvalue weighted by molar-refractivity contribution is 7.99. The van der Waals surface area contributed by atoms with Crippen LogP contribution in [0.5, 0.6) is 5.75 Å². The van der Waals surface area contributed by atoms with Crippen LogP contribution >= 0.6 is 11.8 Å². The number of rotatable bonds is 6. The van der Waals surface area contributed by atoms with E-state index in [1.807, 2.05) is 0 Å². The summed E-state index contributed by atoms with van der Waals surface area (Å²) in [7, 11) is 1.46. The highest BCUT2D eigenvalue weighted by Crippen LogP contribution is 2.31. The second-order valence-corrected chi connectivity index (χ2v) is 5.04. The van der Waals surface area contributed by atoms with E-state index in [2.05, 4.69) is 15.2 Å². The van der Waals surface area contributed by atoms with Gasteiger partial charge in [0.25, 0.3) is 5.69 Å². The van der Waals surface area contributed by atoms with Crippen LogP contribution in [0, 0.1) is 10.1 Å². The van der Waals surface area contributed by atoms with Gasteiger partial charge in [0.2, 0.25) is 5.16 Å². The van der Waals surface area contributed by atoms with Gasteiger partial charge < -0.3 is 4.74 Å². The fraction of sp³-hybridized carbons (Fsp3) is 0.250. The van der Waals surface area contributed by atoms with Crippen molar-refractivity contribution in [2.75, 3.05) is 12.9 Å². The minimum Gasteiger partial charge on any atom is -0.496 e. The third kappa shape index (κ3) is 3.57. The molecular formula is C12H12N4O4S. The molecule has 0 unspecified atom stereocenters. The molecule has 0 aliphatic carbocycles. The van der Waals surface area contributed by atoms with Crippen molar-refractivity contribution >= 4 is 23.2 Å². The van der Waals surface area contributed by atoms with Crippen molar-refractivity contribution in [1.82, 2.24) is 15.2 Å². The van der Waals surface area contributed by atoms with Gasteiger partial charge in [0.05, 0.1) is 23.3 Å². The molecule has 0 atom stereocenters. The number of methoxy groups -OCH3 is 1. The normalized spacial score (nSPS) is 10.4.